The molecular weight excluding hydrogens is 1730 g/mol. The molecule has 2 aliphatic carbocycles. The zero-order valence-corrected chi connectivity index (χ0v) is 71.2. The fraction of sp³-hybridized carbons (Fsp3) is 0.144. The van der Waals surface area contributed by atoms with E-state index in [1.807, 2.05) is 90.0 Å². The van der Waals surface area contributed by atoms with E-state index in [0.29, 0.717) is 85.9 Å². The van der Waals surface area contributed by atoms with Gasteiger partial charge in [0.05, 0.1) is 62.6 Å². The molecule has 0 spiro atoms. The predicted octanol–water partition coefficient (Wildman–Crippen LogP) is 21.0. The Morgan fingerprint density at radius 1 is 0.351 bits per heavy atom. The molecule has 668 valence electrons. The van der Waals surface area contributed by atoms with Crippen molar-refractivity contribution in [1.29, 1.82) is 0 Å². The van der Waals surface area contributed by atoms with Gasteiger partial charge in [-0.2, -0.15) is 64.2 Å². The van der Waals surface area contributed by atoms with Crippen molar-refractivity contribution in [2.24, 2.45) is 5.92 Å². The van der Waals surface area contributed by atoms with Crippen LogP contribution in [0.5, 0.6) is 0 Å². The molecule has 2 amide bonds. The van der Waals surface area contributed by atoms with Crippen LogP contribution >= 0.6 is 0 Å². The lowest BCUT2D eigenvalue weighted by Crippen LogP contribution is -2.19. The number of carbonyl (C=O) groups excluding carboxylic acids is 2. The first-order chi connectivity index (χ1) is 65.0. The lowest BCUT2D eigenvalue weighted by Gasteiger charge is -2.22. The molecule has 2 fully saturated rings. The van der Waals surface area contributed by atoms with Gasteiger partial charge in [0, 0.05) is 119 Å². The van der Waals surface area contributed by atoms with Crippen LogP contribution in [0.4, 0.5) is 40.8 Å². The second-order valence-electron chi connectivity index (χ2n) is 32.4. The van der Waals surface area contributed by atoms with Crippen molar-refractivity contribution in [2.75, 3.05) is 5.32 Å². The van der Waals surface area contributed by atoms with Crippen LogP contribution in [0.2, 0.25) is 0 Å². The molecule has 2 aliphatic rings. The molecule has 37 heteroatoms. The molecule has 29 nitrogen and oxygen atoms in total. The number of halogens is 8. The van der Waals surface area contributed by atoms with Gasteiger partial charge in [-0.1, -0.05) is 32.4 Å². The molecule has 0 bridgehead atoms. The third kappa shape index (κ3) is 19.3. The summed E-state index contributed by atoms with van der Waals surface area (Å²) >= 11 is 0. The molecule has 0 saturated heterocycles. The summed E-state index contributed by atoms with van der Waals surface area (Å²) in [6.07, 6.45) is 2.24. The van der Waals surface area contributed by atoms with Crippen LogP contribution in [-0.4, -0.2) is 139 Å². The normalized spacial score (nSPS) is 12.6. The van der Waals surface area contributed by atoms with Crippen molar-refractivity contribution in [3.63, 3.8) is 0 Å². The van der Waals surface area contributed by atoms with Gasteiger partial charge in [0.25, 0.3) is 5.91 Å². The van der Waals surface area contributed by atoms with Crippen LogP contribution in [0.15, 0.2) is 237 Å². The Morgan fingerprint density at radius 2 is 0.679 bits per heavy atom. The monoisotopic (exact) mass is 1800 g/mol. The first-order valence-electron chi connectivity index (χ1n) is 42.6. The zero-order chi connectivity index (χ0) is 92.3. The maximum Gasteiger partial charge on any atom is 0.451 e. The maximum atomic E-state index is 13.2. The van der Waals surface area contributed by atoms with Gasteiger partial charge in [-0.25, -0.2) is 46.9 Å². The summed E-state index contributed by atoms with van der Waals surface area (Å²) in [4.78, 5) is 45.5. The summed E-state index contributed by atoms with van der Waals surface area (Å²) in [7, 11) is 0. The Kier molecular flexibility index (Phi) is 23.9. The van der Waals surface area contributed by atoms with E-state index in [2.05, 4.69) is 146 Å². The van der Waals surface area contributed by atoms with E-state index in [9.17, 15) is 44.7 Å². The van der Waals surface area contributed by atoms with E-state index < -0.39 is 12.0 Å². The third-order valence-electron chi connectivity index (χ3n) is 22.5. The molecule has 0 unspecified atom stereocenters. The fourth-order valence-electron chi connectivity index (χ4n) is 15.2. The lowest BCUT2D eigenvalue weighted by atomic mass is 9.85. The molecule has 12 N–H and O–H groups in total. The number of alkyl halides is 3. The molecular formula is C97H77F8N27O2. The van der Waals surface area contributed by atoms with Gasteiger partial charge in [-0.15, -0.1) is 0 Å². The lowest BCUT2D eigenvalue weighted by molar-refractivity contribution is -0.144. The SMILES string of the molecule is CC(=O)NCc1nc(-c2ccc3[nH]nc(-c4ccc(F)cc4)c3c2)n[nH]1.CC(C)Cc1nc(-c2ccc3[nH]nc(-c4cccc(C(=O)Nc5ccc(F)cc5)c4)c3c2)n[nH]1.Fc1ccc(-c2n[nH]c3ccc(-c4n[nH]c(C(F)(F)F)n4)cc23)cc1.Fc1ccc(-c2n[nH]c3ccc(-c4n[nH]c(C5CC5)n4)cc23)cc1.Fc1ccc(-c2n[nH]c3ccc(-c4n[nH]c(C5CCC5)n4)cc23)cc1. The number of nitrogens with one attached hydrogen (secondary N) is 12. The minimum absolute atomic E-state index is 0.0690. The van der Waals surface area contributed by atoms with Crippen LogP contribution < -0.4 is 10.6 Å². The quantitative estimate of drug-likeness (QED) is 0.0355. The summed E-state index contributed by atoms with van der Waals surface area (Å²) in [6.45, 7) is 6.01. The van der Waals surface area contributed by atoms with Crippen LogP contribution in [0.1, 0.15) is 104 Å². The molecule has 10 aromatic heterocycles. The Labute approximate surface area is 753 Å². The number of hydrogen-bond acceptors (Lipinski definition) is 17. The Hall–Kier alpha value is -17.2. The van der Waals surface area contributed by atoms with Crippen LogP contribution in [0.25, 0.3) is 168 Å². The maximum absolute atomic E-state index is 13.2. The van der Waals surface area contributed by atoms with Gasteiger partial charge in [-0.05, 0) is 256 Å². The number of carbonyl (C=O) groups is 2. The van der Waals surface area contributed by atoms with E-state index in [-0.39, 0.29) is 53.3 Å². The molecule has 21 aromatic rings. The van der Waals surface area contributed by atoms with E-state index in [1.165, 1.54) is 112 Å². The minimum Gasteiger partial charge on any atom is -0.349 e. The highest BCUT2D eigenvalue weighted by Crippen LogP contribution is 2.41. The predicted molar refractivity (Wildman–Crippen MR) is 488 cm³/mol. The summed E-state index contributed by atoms with van der Waals surface area (Å²) in [5.74, 6) is 4.31. The topological polar surface area (TPSA) is 409 Å². The smallest absolute Gasteiger partial charge is 0.349 e. The van der Waals surface area contributed by atoms with Gasteiger partial charge in [0.1, 0.15) is 52.4 Å². The Bertz CT molecular complexity index is 7790. The number of H-pyrrole nitrogens is 10. The van der Waals surface area contributed by atoms with Gasteiger partial charge in [-0.3, -0.25) is 60.6 Å². The minimum atomic E-state index is -4.59. The van der Waals surface area contributed by atoms with E-state index in [0.717, 1.165) is 135 Å². The highest BCUT2D eigenvalue weighted by atomic mass is 19.4. The highest BCUT2D eigenvalue weighted by Gasteiger charge is 2.36. The summed E-state index contributed by atoms with van der Waals surface area (Å²) in [5, 5.41) is 81.3. The third-order valence-corrected chi connectivity index (χ3v) is 22.5. The molecule has 0 aliphatic heterocycles. The summed E-state index contributed by atoms with van der Waals surface area (Å²) in [5.41, 5.74) is 16.9. The first-order valence-corrected chi connectivity index (χ1v) is 42.6. The standard InChI is InChI=1S/C26H23FN6O.C19H16FN5.C18H15FN6O.C18H14FN5.C16H9F4N5/c1-15(2)12-23-29-25(33-31-23)17-6-11-22-21(14-17)24(32-30-22)16-4-3-5-18(13-16)26(34)28-20-9-7-19(27)8-10-20;20-14-7-4-11(5-8-14)17-15-10-13(6-9-16(15)22-23-17)19-21-18(24-25-19)12-2-1-3-12;1-10(26)20-9-16-21-18(25-23-16)12-4-7-15-14(8-12)17(24-22-15)11-2-5-13(19)6-3-11;19-13-6-3-10(4-7-13)16-14-9-12(5-8-15(14)21-22-16)18-20-17(23-24-18)11-1-2-11;17-10-4-1-8(2-5-10)13-11-7-9(3-6-12(11)22-23-13)14-21-15(25-24-14)16(18,19)20/h3-11,13-15H,12H2,1-2H3,(H,28,34)(H,30,32)(H,29,31,33);4-10,12H,1-3H2,(H,22,23)(H,21,24,25);2-8H,9H2,1H3,(H,20,26)(H,22,24)(H,21,23,25);3-9,11H,1-2H2,(H,21,22)(H,20,23,24);1-7H,(H,22,23)(H,21,24,25). The van der Waals surface area contributed by atoms with E-state index >= 15 is 0 Å². The number of anilines is 1. The average Bonchev–Trinajstić information content (AvgIpc) is 1.65. The van der Waals surface area contributed by atoms with Crippen LogP contribution in [0, 0.1) is 35.0 Å². The largest absolute Gasteiger partial charge is 0.451 e. The number of fused-ring (bicyclic) bond motifs is 5. The molecule has 0 radical (unpaired) electrons. The molecule has 11 aromatic carbocycles. The summed E-state index contributed by atoms with van der Waals surface area (Å²) in [6, 6.07) is 66.1. The van der Waals surface area contributed by atoms with Gasteiger partial charge in [0.2, 0.25) is 11.7 Å². The van der Waals surface area contributed by atoms with E-state index in [4.69, 9.17) is 0 Å². The zero-order valence-electron chi connectivity index (χ0n) is 71.2. The van der Waals surface area contributed by atoms with Crippen molar-refractivity contribution >= 4 is 72.0 Å². The molecule has 23 rings (SSSR count). The average molecular weight is 1800 g/mol. The number of aromatic amines is 10. The number of hydrogen-bond donors (Lipinski definition) is 12. The number of aromatic nitrogens is 25. The van der Waals surface area contributed by atoms with Crippen molar-refractivity contribution in [2.45, 2.75) is 83.9 Å². The number of benzene rings is 11. The summed E-state index contributed by atoms with van der Waals surface area (Å²) < 4.78 is 104. The van der Waals surface area contributed by atoms with E-state index in [1.54, 1.807) is 78.9 Å². The Balaban J connectivity index is 0.000000108. The molecule has 10 heterocycles. The molecule has 0 atom stereocenters. The first kappa shape index (κ1) is 86.2. The fourth-order valence-corrected chi connectivity index (χ4v) is 15.2. The van der Waals surface area contributed by atoms with Crippen LogP contribution in [0.3, 0.4) is 0 Å². The second-order valence-corrected chi connectivity index (χ2v) is 32.4. The van der Waals surface area contributed by atoms with Gasteiger partial charge >= 0.3 is 6.18 Å². The Morgan fingerprint density at radius 3 is 1.03 bits per heavy atom. The van der Waals surface area contributed by atoms with Crippen molar-refractivity contribution in [3.8, 4) is 113 Å². The number of nitrogens with zero attached hydrogens (tertiary/aromatic N) is 15. The van der Waals surface area contributed by atoms with Crippen molar-refractivity contribution in [1.82, 2.24) is 132 Å². The second kappa shape index (κ2) is 37.1. The van der Waals surface area contributed by atoms with Crippen LogP contribution in [-0.2, 0) is 23.9 Å². The molecule has 134 heavy (non-hydrogen) atoms. The van der Waals surface area contributed by atoms with Gasteiger partial charge < -0.3 is 10.6 Å². The highest BCUT2D eigenvalue weighted by molar-refractivity contribution is 6.06. The van der Waals surface area contributed by atoms with Crippen molar-refractivity contribution < 1.29 is 44.7 Å². The van der Waals surface area contributed by atoms with Crippen molar-refractivity contribution in [3.05, 3.63) is 300 Å². The number of rotatable bonds is 18. The number of amides is 2. The molecule has 2 saturated carbocycles. The van der Waals surface area contributed by atoms with Gasteiger partial charge in [0.15, 0.2) is 29.1 Å².